The maximum atomic E-state index is 13.2. The summed E-state index contributed by atoms with van der Waals surface area (Å²) in [4.78, 5) is 17.2. The second kappa shape index (κ2) is 7.60. The Kier molecular flexibility index (Phi) is 4.73. The van der Waals surface area contributed by atoms with Gasteiger partial charge in [0, 0.05) is 30.8 Å². The number of benzene rings is 1. The number of hydrogen-bond acceptors (Lipinski definition) is 7. The van der Waals surface area contributed by atoms with Crippen LogP contribution in [0.2, 0.25) is 0 Å². The molecule has 6 atom stereocenters. The van der Waals surface area contributed by atoms with Gasteiger partial charge in [0.1, 0.15) is 6.10 Å². The first kappa shape index (κ1) is 22.4. The molecule has 7 rings (SSSR count). The highest BCUT2D eigenvalue weighted by Crippen LogP contribution is 2.67. The standard InChI is InChI=1S/C28H32N2O6/c1-29(21(32)7-4-17-9-13-35-15-17)19-8-10-28(34)25-23(33)18-5-6-20(31)24-22(18)27(28,26(19)36-24)11-12-30(25)14-16-2-3-16/h4-7,9,13,15-16,19,23,25-26,31,33-34H,2-3,8,10-12,14H2,1H3/b7-4+. The van der Waals surface area contributed by atoms with E-state index in [1.165, 1.54) is 18.9 Å². The molecular formula is C28H32N2O6. The van der Waals surface area contributed by atoms with Crippen LogP contribution in [0.5, 0.6) is 11.5 Å². The first-order valence-corrected chi connectivity index (χ1v) is 13.0. The number of aliphatic hydroxyl groups is 2. The molecule has 1 spiro atoms. The van der Waals surface area contributed by atoms with Crippen LogP contribution < -0.4 is 4.74 Å². The van der Waals surface area contributed by atoms with E-state index in [2.05, 4.69) is 4.90 Å². The molecule has 190 valence electrons. The van der Waals surface area contributed by atoms with Crippen LogP contribution in [0.15, 0.2) is 41.2 Å². The predicted octanol–water partition coefficient (Wildman–Crippen LogP) is 2.58. The number of phenolic OH excluding ortho intramolecular Hbond substituents is 1. The molecule has 0 radical (unpaired) electrons. The molecule has 2 aliphatic heterocycles. The average molecular weight is 493 g/mol. The number of aliphatic hydroxyl groups excluding tert-OH is 1. The van der Waals surface area contributed by atoms with Gasteiger partial charge < -0.3 is 29.4 Å². The molecule has 6 unspecified atom stereocenters. The molecule has 8 nitrogen and oxygen atoms in total. The van der Waals surface area contributed by atoms with Crippen molar-refractivity contribution in [3.63, 3.8) is 0 Å². The van der Waals surface area contributed by atoms with Crippen LogP contribution in [-0.2, 0) is 10.2 Å². The molecule has 2 bridgehead atoms. The lowest BCUT2D eigenvalue weighted by Crippen LogP contribution is -2.79. The number of likely N-dealkylation sites (N-methyl/N-ethyl adjacent to an activating group) is 1. The molecule has 3 fully saturated rings. The molecule has 1 saturated heterocycles. The average Bonchev–Trinajstić information content (AvgIpc) is 3.38. The van der Waals surface area contributed by atoms with Crippen molar-refractivity contribution < 1.29 is 29.3 Å². The third kappa shape index (κ3) is 2.83. The molecule has 1 aromatic carbocycles. The van der Waals surface area contributed by atoms with Gasteiger partial charge >= 0.3 is 0 Å². The number of carbonyl (C=O) groups excluding carboxylic acids is 1. The van der Waals surface area contributed by atoms with Crippen molar-refractivity contribution in [2.75, 3.05) is 20.1 Å². The van der Waals surface area contributed by atoms with Gasteiger partial charge in [0.05, 0.1) is 41.7 Å². The first-order chi connectivity index (χ1) is 17.3. The molecule has 3 heterocycles. The van der Waals surface area contributed by atoms with Gasteiger partial charge in [-0.2, -0.15) is 0 Å². The zero-order valence-corrected chi connectivity index (χ0v) is 20.3. The van der Waals surface area contributed by atoms with Crippen LogP contribution in [0.1, 0.15) is 54.9 Å². The largest absolute Gasteiger partial charge is 0.504 e. The van der Waals surface area contributed by atoms with Gasteiger partial charge in [0.25, 0.3) is 0 Å². The summed E-state index contributed by atoms with van der Waals surface area (Å²) < 4.78 is 11.6. The SMILES string of the molecule is CN(C(=O)/C=C/c1ccoc1)C1CCC2(O)C3C(O)c4ccc(O)c5c4C2(CCN3CC2CC2)C1O5. The topological polar surface area (TPSA) is 107 Å². The van der Waals surface area contributed by atoms with Crippen LogP contribution in [0.3, 0.4) is 0 Å². The number of furan rings is 1. The molecule has 5 aliphatic rings. The van der Waals surface area contributed by atoms with Crippen molar-refractivity contribution >= 4 is 12.0 Å². The molecule has 3 N–H and O–H groups in total. The van der Waals surface area contributed by atoms with Crippen LogP contribution in [0.4, 0.5) is 0 Å². The second-order valence-electron chi connectivity index (χ2n) is 11.3. The van der Waals surface area contributed by atoms with Crippen molar-refractivity contribution in [3.8, 4) is 11.5 Å². The van der Waals surface area contributed by atoms with Crippen molar-refractivity contribution in [3.05, 3.63) is 53.5 Å². The predicted molar refractivity (Wildman–Crippen MR) is 130 cm³/mol. The quantitative estimate of drug-likeness (QED) is 0.551. The lowest BCUT2D eigenvalue weighted by atomic mass is 9.47. The summed E-state index contributed by atoms with van der Waals surface area (Å²) in [5.41, 5.74) is 0.258. The fraction of sp³-hybridized carbons (Fsp3) is 0.536. The maximum Gasteiger partial charge on any atom is 0.246 e. The highest BCUT2D eigenvalue weighted by Gasteiger charge is 2.75. The summed E-state index contributed by atoms with van der Waals surface area (Å²) in [6.07, 6.45) is 9.02. The van der Waals surface area contributed by atoms with Gasteiger partial charge in [-0.3, -0.25) is 9.69 Å². The molecule has 1 aromatic heterocycles. The van der Waals surface area contributed by atoms with E-state index in [-0.39, 0.29) is 17.7 Å². The number of aromatic hydroxyl groups is 1. The summed E-state index contributed by atoms with van der Waals surface area (Å²) in [5, 5.41) is 34.9. The molecule has 1 amide bonds. The highest BCUT2D eigenvalue weighted by molar-refractivity contribution is 5.92. The number of ether oxygens (including phenoxy) is 1. The van der Waals surface area contributed by atoms with Crippen LogP contribution in [-0.4, -0.2) is 75.0 Å². The highest BCUT2D eigenvalue weighted by atomic mass is 16.5. The van der Waals surface area contributed by atoms with Gasteiger partial charge in [-0.1, -0.05) is 6.07 Å². The summed E-state index contributed by atoms with van der Waals surface area (Å²) in [7, 11) is 1.78. The van der Waals surface area contributed by atoms with E-state index < -0.39 is 29.3 Å². The zero-order valence-electron chi connectivity index (χ0n) is 20.3. The number of likely N-dealkylation sites (tertiary alicyclic amines) is 1. The normalized spacial score (nSPS) is 36.5. The van der Waals surface area contributed by atoms with E-state index >= 15 is 0 Å². The number of phenols is 1. The molecule has 2 saturated carbocycles. The van der Waals surface area contributed by atoms with Gasteiger partial charge in [0.2, 0.25) is 5.91 Å². The molecule has 2 aromatic rings. The Bertz CT molecular complexity index is 1240. The van der Waals surface area contributed by atoms with E-state index in [9.17, 15) is 20.1 Å². The number of rotatable bonds is 5. The van der Waals surface area contributed by atoms with Crippen molar-refractivity contribution in [1.82, 2.24) is 9.80 Å². The van der Waals surface area contributed by atoms with Gasteiger partial charge in [-0.15, -0.1) is 0 Å². The Hall–Kier alpha value is -2.81. The Morgan fingerprint density at radius 3 is 2.83 bits per heavy atom. The number of carbonyl (C=O) groups is 1. The molecule has 3 aliphatic carbocycles. The summed E-state index contributed by atoms with van der Waals surface area (Å²) in [6.45, 7) is 1.62. The number of hydrogen-bond donors (Lipinski definition) is 3. The van der Waals surface area contributed by atoms with E-state index in [1.807, 2.05) is 0 Å². The lowest BCUT2D eigenvalue weighted by molar-refractivity contribution is -0.223. The van der Waals surface area contributed by atoms with Crippen molar-refractivity contribution in [2.45, 2.75) is 67.4 Å². The van der Waals surface area contributed by atoms with Crippen LogP contribution in [0, 0.1) is 5.92 Å². The minimum Gasteiger partial charge on any atom is -0.504 e. The Morgan fingerprint density at radius 1 is 1.25 bits per heavy atom. The van der Waals surface area contributed by atoms with Crippen LogP contribution >= 0.6 is 0 Å². The van der Waals surface area contributed by atoms with Gasteiger partial charge in [-0.25, -0.2) is 0 Å². The maximum absolute atomic E-state index is 13.2. The smallest absolute Gasteiger partial charge is 0.246 e. The van der Waals surface area contributed by atoms with Gasteiger partial charge in [0.15, 0.2) is 11.5 Å². The number of piperidine rings is 1. The number of amides is 1. The summed E-state index contributed by atoms with van der Waals surface area (Å²) >= 11 is 0. The zero-order chi connectivity index (χ0) is 24.8. The third-order valence-electron chi connectivity index (χ3n) is 9.58. The fourth-order valence-electron chi connectivity index (χ4n) is 7.73. The molecule has 8 heteroatoms. The monoisotopic (exact) mass is 492 g/mol. The first-order valence-electron chi connectivity index (χ1n) is 13.0. The number of nitrogens with zero attached hydrogens (tertiary/aromatic N) is 2. The molecular weight excluding hydrogens is 460 g/mol. The van der Waals surface area contributed by atoms with E-state index in [0.717, 1.165) is 29.8 Å². The van der Waals surface area contributed by atoms with E-state index in [4.69, 9.17) is 9.15 Å². The lowest BCUT2D eigenvalue weighted by Gasteiger charge is -2.65. The third-order valence-corrected chi connectivity index (χ3v) is 9.58. The Morgan fingerprint density at radius 2 is 2.08 bits per heavy atom. The fourth-order valence-corrected chi connectivity index (χ4v) is 7.73. The van der Waals surface area contributed by atoms with Crippen molar-refractivity contribution in [1.29, 1.82) is 0 Å². The molecule has 36 heavy (non-hydrogen) atoms. The Balaban J connectivity index is 1.30. The second-order valence-corrected chi connectivity index (χ2v) is 11.3. The minimum atomic E-state index is -1.22. The van der Waals surface area contributed by atoms with E-state index in [1.54, 1.807) is 48.7 Å². The van der Waals surface area contributed by atoms with Gasteiger partial charge in [-0.05, 0) is 68.3 Å². The summed E-state index contributed by atoms with van der Waals surface area (Å²) in [6, 6.07) is 4.41. The van der Waals surface area contributed by atoms with E-state index in [0.29, 0.717) is 30.9 Å². The summed E-state index contributed by atoms with van der Waals surface area (Å²) in [5.74, 6) is 0.833. The Labute approximate surface area is 209 Å². The van der Waals surface area contributed by atoms with Crippen LogP contribution in [0.25, 0.3) is 6.08 Å². The minimum absolute atomic E-state index is 0.0125. The van der Waals surface area contributed by atoms with Crippen molar-refractivity contribution in [2.24, 2.45) is 5.92 Å².